The summed E-state index contributed by atoms with van der Waals surface area (Å²) >= 11 is 0. The van der Waals surface area contributed by atoms with Crippen LogP contribution in [-0.2, 0) is 11.3 Å². The first-order valence-corrected chi connectivity index (χ1v) is 13.2. The average molecular weight is 541 g/mol. The van der Waals surface area contributed by atoms with E-state index in [1.54, 1.807) is 17.0 Å². The van der Waals surface area contributed by atoms with Crippen molar-refractivity contribution in [3.05, 3.63) is 78.3 Å². The highest BCUT2D eigenvalue weighted by molar-refractivity contribution is 6.01. The molecular weight excluding hydrogens is 514 g/mol. The Bertz CT molecular complexity index is 1650. The average Bonchev–Trinajstić information content (AvgIpc) is 3.51. The second-order valence-corrected chi connectivity index (χ2v) is 10.2. The first-order valence-electron chi connectivity index (χ1n) is 13.2. The lowest BCUT2D eigenvalue weighted by molar-refractivity contribution is -0.127. The molecule has 0 bridgehead atoms. The lowest BCUT2D eigenvalue weighted by atomic mass is 10.1. The van der Waals surface area contributed by atoms with Crippen LogP contribution in [0.1, 0.15) is 25.7 Å². The van der Waals surface area contributed by atoms with Crippen molar-refractivity contribution in [1.82, 2.24) is 19.4 Å². The van der Waals surface area contributed by atoms with Gasteiger partial charge in [-0.25, -0.2) is 18.7 Å². The molecule has 1 aliphatic carbocycles. The summed E-state index contributed by atoms with van der Waals surface area (Å²) in [5, 5.41) is 10.3. The van der Waals surface area contributed by atoms with E-state index in [1.807, 2.05) is 29.0 Å². The number of hydrogen-bond donors (Lipinski definition) is 1. The van der Waals surface area contributed by atoms with Gasteiger partial charge in [0.2, 0.25) is 0 Å². The van der Waals surface area contributed by atoms with Crippen LogP contribution in [0.5, 0.6) is 11.5 Å². The summed E-state index contributed by atoms with van der Waals surface area (Å²) in [4.78, 5) is 23.7. The van der Waals surface area contributed by atoms with Crippen LogP contribution in [0, 0.1) is 28.9 Å². The maximum Gasteiger partial charge on any atom is 0.264 e. The molecule has 40 heavy (non-hydrogen) atoms. The van der Waals surface area contributed by atoms with E-state index in [1.165, 1.54) is 6.33 Å². The number of benzene rings is 2. The van der Waals surface area contributed by atoms with E-state index in [0.29, 0.717) is 41.6 Å². The van der Waals surface area contributed by atoms with Crippen LogP contribution in [0.25, 0.3) is 22.2 Å². The Balaban J connectivity index is 1.28. The first-order chi connectivity index (χ1) is 19.4. The molecule has 2 N–H and O–H groups in total. The van der Waals surface area contributed by atoms with Gasteiger partial charge in [-0.15, -0.1) is 0 Å². The van der Waals surface area contributed by atoms with Gasteiger partial charge in [0.05, 0.1) is 11.4 Å². The number of nitrogens with two attached hydrogens (primary N) is 1. The van der Waals surface area contributed by atoms with Crippen LogP contribution in [0.2, 0.25) is 0 Å². The summed E-state index contributed by atoms with van der Waals surface area (Å²) < 4.78 is 34.7. The van der Waals surface area contributed by atoms with Gasteiger partial charge in [0.15, 0.2) is 0 Å². The SMILES string of the molecule is N#C/C(=C\C1CC1)C(=O)N1CCC[C@@H]1Cn1cc(-c2ccc(Oc3cc(F)cc(F)c3)cc2)c2c(N)ncnc21. The number of nitriles is 1. The van der Waals surface area contributed by atoms with Crippen molar-refractivity contribution in [2.24, 2.45) is 5.92 Å². The number of allylic oxidation sites excluding steroid dienone is 1. The van der Waals surface area contributed by atoms with Crippen molar-refractivity contribution in [1.29, 1.82) is 5.26 Å². The van der Waals surface area contributed by atoms with Crippen LogP contribution in [-0.4, -0.2) is 37.9 Å². The number of rotatable bonds is 7. The molecule has 202 valence electrons. The molecule has 1 atom stereocenters. The van der Waals surface area contributed by atoms with Crippen molar-refractivity contribution in [2.75, 3.05) is 12.3 Å². The molecule has 0 spiro atoms. The molecule has 4 aromatic rings. The number of aromatic nitrogens is 3. The Morgan fingerprint density at radius 1 is 1.10 bits per heavy atom. The standard InChI is InChI=1S/C30H26F2N6O2/c31-21-11-22(32)13-25(12-21)40-24-7-5-19(6-8-24)26-16-37(29-27(26)28(34)35-17-36-29)15-23-2-1-9-38(23)30(39)20(14-33)10-18-3-4-18/h5-8,10-13,16-18,23H,1-4,9,15H2,(H2,34,35,36)/b20-10+/t23-/m1/s1. The minimum atomic E-state index is -0.722. The summed E-state index contributed by atoms with van der Waals surface area (Å²) in [6, 6.07) is 12.1. The normalized spacial score (nSPS) is 17.3. The number of anilines is 1. The second kappa shape index (κ2) is 10.4. The minimum absolute atomic E-state index is 0.0571. The lowest BCUT2D eigenvalue weighted by Crippen LogP contribution is -2.38. The fourth-order valence-electron chi connectivity index (χ4n) is 5.26. The van der Waals surface area contributed by atoms with E-state index in [2.05, 4.69) is 16.0 Å². The van der Waals surface area contributed by atoms with Gasteiger partial charge in [-0.05, 0) is 49.3 Å². The van der Waals surface area contributed by atoms with E-state index in [4.69, 9.17) is 10.5 Å². The number of ether oxygens (including phenoxy) is 1. The molecular formula is C30H26F2N6O2. The Morgan fingerprint density at radius 3 is 2.55 bits per heavy atom. The van der Waals surface area contributed by atoms with Gasteiger partial charge in [-0.2, -0.15) is 5.26 Å². The van der Waals surface area contributed by atoms with Gasteiger partial charge in [0.25, 0.3) is 5.91 Å². The van der Waals surface area contributed by atoms with E-state index < -0.39 is 11.6 Å². The molecule has 2 aromatic heterocycles. The molecule has 2 fully saturated rings. The zero-order valence-electron chi connectivity index (χ0n) is 21.6. The number of likely N-dealkylation sites (tertiary alicyclic amines) is 1. The third kappa shape index (κ3) is 5.10. The summed E-state index contributed by atoms with van der Waals surface area (Å²) in [6.07, 6.45) is 8.90. The number of amides is 1. The molecule has 8 nitrogen and oxygen atoms in total. The predicted molar refractivity (Wildman–Crippen MR) is 145 cm³/mol. The Hall–Kier alpha value is -4.78. The molecule has 6 rings (SSSR count). The number of nitrogen functional groups attached to an aromatic ring is 1. The van der Waals surface area contributed by atoms with Crippen molar-refractivity contribution < 1.29 is 18.3 Å². The van der Waals surface area contributed by atoms with Crippen molar-refractivity contribution in [3.8, 4) is 28.7 Å². The molecule has 1 saturated heterocycles. The monoisotopic (exact) mass is 540 g/mol. The molecule has 1 aliphatic heterocycles. The third-order valence-electron chi connectivity index (χ3n) is 7.34. The van der Waals surface area contributed by atoms with Crippen LogP contribution in [0.4, 0.5) is 14.6 Å². The van der Waals surface area contributed by atoms with E-state index in [9.17, 15) is 18.8 Å². The zero-order valence-corrected chi connectivity index (χ0v) is 21.6. The molecule has 2 aromatic carbocycles. The molecule has 1 amide bonds. The number of hydrogen-bond acceptors (Lipinski definition) is 6. The molecule has 0 radical (unpaired) electrons. The quantitative estimate of drug-likeness (QED) is 0.241. The first kappa shape index (κ1) is 25.5. The van der Waals surface area contributed by atoms with Gasteiger partial charge >= 0.3 is 0 Å². The van der Waals surface area contributed by atoms with E-state index >= 15 is 0 Å². The van der Waals surface area contributed by atoms with Gasteiger partial charge in [-0.1, -0.05) is 18.2 Å². The maximum atomic E-state index is 13.5. The van der Waals surface area contributed by atoms with E-state index in [0.717, 1.165) is 55.0 Å². The van der Waals surface area contributed by atoms with Gasteiger partial charge in [0, 0.05) is 43.0 Å². The summed E-state index contributed by atoms with van der Waals surface area (Å²) in [6.45, 7) is 1.10. The molecule has 10 heteroatoms. The summed E-state index contributed by atoms with van der Waals surface area (Å²) in [5.41, 5.74) is 8.79. The smallest absolute Gasteiger partial charge is 0.264 e. The number of carbonyl (C=O) groups excluding carboxylic acids is 1. The van der Waals surface area contributed by atoms with Gasteiger partial charge in [-0.3, -0.25) is 4.79 Å². The highest BCUT2D eigenvalue weighted by Crippen LogP contribution is 2.36. The molecule has 1 saturated carbocycles. The summed E-state index contributed by atoms with van der Waals surface area (Å²) in [7, 11) is 0. The van der Waals surface area contributed by atoms with Gasteiger partial charge in [0.1, 0.15) is 52.6 Å². The van der Waals surface area contributed by atoms with Gasteiger partial charge < -0.3 is 19.9 Å². The van der Waals surface area contributed by atoms with Crippen molar-refractivity contribution in [3.63, 3.8) is 0 Å². The highest BCUT2D eigenvalue weighted by Gasteiger charge is 2.33. The van der Waals surface area contributed by atoms with Crippen LogP contribution < -0.4 is 10.5 Å². The van der Waals surface area contributed by atoms with Crippen molar-refractivity contribution >= 4 is 22.8 Å². The lowest BCUT2D eigenvalue weighted by Gasteiger charge is -2.25. The number of nitrogens with zero attached hydrogens (tertiary/aromatic N) is 5. The van der Waals surface area contributed by atoms with E-state index in [-0.39, 0.29) is 23.3 Å². The maximum absolute atomic E-state index is 13.5. The Morgan fingerprint density at radius 2 is 1.85 bits per heavy atom. The van der Waals surface area contributed by atoms with Crippen LogP contribution in [0.15, 0.2) is 66.6 Å². The fourth-order valence-corrected chi connectivity index (χ4v) is 5.26. The molecule has 2 aliphatic rings. The van der Waals surface area contributed by atoms with Crippen LogP contribution in [0.3, 0.4) is 0 Å². The van der Waals surface area contributed by atoms with Crippen molar-refractivity contribution in [2.45, 2.75) is 38.3 Å². The molecule has 3 heterocycles. The zero-order chi connectivity index (χ0) is 27.8. The highest BCUT2D eigenvalue weighted by atomic mass is 19.1. The number of halogens is 2. The second-order valence-electron chi connectivity index (χ2n) is 10.2. The minimum Gasteiger partial charge on any atom is -0.457 e. The molecule has 0 unspecified atom stereocenters. The Labute approximate surface area is 229 Å². The van der Waals surface area contributed by atoms with Crippen LogP contribution >= 0.6 is 0 Å². The number of carbonyl (C=O) groups is 1. The predicted octanol–water partition coefficient (Wildman–Crippen LogP) is 5.60. The largest absolute Gasteiger partial charge is 0.457 e. The summed E-state index contributed by atoms with van der Waals surface area (Å²) in [5.74, 6) is -0.525. The number of fused-ring (bicyclic) bond motifs is 1. The fraction of sp³-hybridized carbons (Fsp3) is 0.267. The Kier molecular flexibility index (Phi) is 6.64. The topological polar surface area (TPSA) is 110 Å². The third-order valence-corrected chi connectivity index (χ3v) is 7.34.